The van der Waals surface area contributed by atoms with E-state index in [0.29, 0.717) is 5.69 Å². The predicted octanol–water partition coefficient (Wildman–Crippen LogP) is 3.83. The Kier molecular flexibility index (Phi) is 4.51. The van der Waals surface area contributed by atoms with Gasteiger partial charge in [0.1, 0.15) is 11.4 Å². The molecule has 1 N–H and O–H groups in total. The molecule has 3 heterocycles. The highest BCUT2D eigenvalue weighted by atomic mass is 19.1. The number of nitro benzene ring substituents is 1. The number of aryl methyl sites for hydroxylation is 1. The molecule has 0 saturated carbocycles. The summed E-state index contributed by atoms with van der Waals surface area (Å²) >= 11 is 0. The van der Waals surface area contributed by atoms with Crippen molar-refractivity contribution in [2.24, 2.45) is 7.05 Å². The molecule has 0 fully saturated rings. The first-order valence-corrected chi connectivity index (χ1v) is 8.49. The van der Waals surface area contributed by atoms with Crippen LogP contribution in [-0.2, 0) is 7.05 Å². The third-order valence-electron chi connectivity index (χ3n) is 4.37. The largest absolute Gasteiger partial charge is 0.494 e. The highest BCUT2D eigenvalue weighted by Crippen LogP contribution is 2.33. The van der Waals surface area contributed by atoms with Gasteiger partial charge in [0, 0.05) is 48.7 Å². The zero-order valence-corrected chi connectivity index (χ0v) is 15.5. The van der Waals surface area contributed by atoms with Crippen molar-refractivity contribution in [1.29, 1.82) is 0 Å². The predicted molar refractivity (Wildman–Crippen MR) is 105 cm³/mol. The SMILES string of the molecule is COc1cc(F)c([N+](=O)[O-])cc1Nc1nccc(-c2cnc3c(ccn3C)c2)n1. The van der Waals surface area contributed by atoms with Crippen molar-refractivity contribution in [3.05, 3.63) is 64.9 Å². The Morgan fingerprint density at radius 2 is 2.07 bits per heavy atom. The number of nitrogens with zero attached hydrogens (tertiary/aromatic N) is 5. The number of ether oxygens (including phenoxy) is 1. The molecule has 146 valence electrons. The molecule has 0 bridgehead atoms. The van der Waals surface area contributed by atoms with Crippen molar-refractivity contribution in [2.45, 2.75) is 0 Å². The maximum Gasteiger partial charge on any atom is 0.307 e. The zero-order valence-electron chi connectivity index (χ0n) is 15.5. The number of nitrogens with one attached hydrogen (secondary N) is 1. The molecule has 0 atom stereocenters. The monoisotopic (exact) mass is 394 g/mol. The standard InChI is InChI=1S/C19H15FN6O3/c1-25-6-4-11-7-12(10-22-18(11)25)14-3-5-21-19(23-14)24-15-9-16(26(27)28)13(20)8-17(15)29-2/h3-10H,1-2H3,(H,21,23,24). The third kappa shape index (κ3) is 3.43. The highest BCUT2D eigenvalue weighted by molar-refractivity contribution is 5.81. The third-order valence-corrected chi connectivity index (χ3v) is 4.37. The summed E-state index contributed by atoms with van der Waals surface area (Å²) in [5, 5.41) is 14.9. The molecule has 3 aromatic heterocycles. The number of hydrogen-bond acceptors (Lipinski definition) is 7. The first kappa shape index (κ1) is 18.3. The van der Waals surface area contributed by atoms with Gasteiger partial charge in [0.15, 0.2) is 0 Å². The van der Waals surface area contributed by atoms with Crippen LogP contribution in [0.3, 0.4) is 0 Å². The molecule has 0 aliphatic carbocycles. The van der Waals surface area contributed by atoms with Crippen LogP contribution in [-0.4, -0.2) is 31.6 Å². The van der Waals surface area contributed by atoms with Crippen LogP contribution >= 0.6 is 0 Å². The van der Waals surface area contributed by atoms with Gasteiger partial charge < -0.3 is 14.6 Å². The average molecular weight is 394 g/mol. The maximum absolute atomic E-state index is 13.8. The van der Waals surface area contributed by atoms with E-state index >= 15 is 0 Å². The van der Waals surface area contributed by atoms with Gasteiger partial charge in [-0.1, -0.05) is 0 Å². The minimum atomic E-state index is -0.991. The lowest BCUT2D eigenvalue weighted by Crippen LogP contribution is -2.02. The van der Waals surface area contributed by atoms with E-state index in [1.807, 2.05) is 29.9 Å². The Bertz CT molecular complexity index is 1240. The number of benzene rings is 1. The fraction of sp³-hybridized carbons (Fsp3) is 0.105. The number of fused-ring (bicyclic) bond motifs is 1. The highest BCUT2D eigenvalue weighted by Gasteiger charge is 2.19. The summed E-state index contributed by atoms with van der Waals surface area (Å²) in [6, 6.07) is 7.62. The maximum atomic E-state index is 13.8. The minimum Gasteiger partial charge on any atom is -0.494 e. The number of halogens is 1. The Balaban J connectivity index is 1.70. The number of nitro groups is 1. The van der Waals surface area contributed by atoms with E-state index in [0.717, 1.165) is 28.7 Å². The summed E-state index contributed by atoms with van der Waals surface area (Å²) in [7, 11) is 3.25. The van der Waals surface area contributed by atoms with E-state index in [2.05, 4.69) is 20.3 Å². The molecule has 0 spiro atoms. The molecule has 9 nitrogen and oxygen atoms in total. The van der Waals surface area contributed by atoms with E-state index in [1.165, 1.54) is 7.11 Å². The quantitative estimate of drug-likeness (QED) is 0.405. The van der Waals surface area contributed by atoms with Crippen LogP contribution in [0.4, 0.5) is 21.7 Å². The van der Waals surface area contributed by atoms with Crippen LogP contribution in [0.5, 0.6) is 5.75 Å². The van der Waals surface area contributed by atoms with Crippen LogP contribution in [0.2, 0.25) is 0 Å². The summed E-state index contributed by atoms with van der Waals surface area (Å²) in [6.07, 6.45) is 5.17. The molecule has 0 radical (unpaired) electrons. The number of anilines is 2. The van der Waals surface area contributed by atoms with Gasteiger partial charge in [-0.3, -0.25) is 10.1 Å². The van der Waals surface area contributed by atoms with E-state index in [9.17, 15) is 14.5 Å². The van der Waals surface area contributed by atoms with Crippen LogP contribution in [0, 0.1) is 15.9 Å². The van der Waals surface area contributed by atoms with Crippen molar-refractivity contribution in [3.8, 4) is 17.0 Å². The average Bonchev–Trinajstić information content (AvgIpc) is 3.09. The molecule has 0 amide bonds. The summed E-state index contributed by atoms with van der Waals surface area (Å²) in [5.41, 5.74) is 1.74. The van der Waals surface area contributed by atoms with E-state index in [-0.39, 0.29) is 17.4 Å². The normalized spacial score (nSPS) is 10.9. The number of aromatic nitrogens is 4. The molecule has 4 aromatic rings. The first-order valence-electron chi connectivity index (χ1n) is 8.49. The molecule has 0 aliphatic rings. The molecule has 0 unspecified atom stereocenters. The Morgan fingerprint density at radius 1 is 1.24 bits per heavy atom. The Morgan fingerprint density at radius 3 is 2.83 bits per heavy atom. The van der Waals surface area contributed by atoms with Crippen molar-refractivity contribution in [2.75, 3.05) is 12.4 Å². The molecule has 0 aliphatic heterocycles. The van der Waals surface area contributed by atoms with Gasteiger partial charge in [-0.2, -0.15) is 4.39 Å². The molecule has 0 saturated heterocycles. The van der Waals surface area contributed by atoms with Gasteiger partial charge in [-0.15, -0.1) is 0 Å². The number of hydrogen-bond donors (Lipinski definition) is 1. The van der Waals surface area contributed by atoms with Gasteiger partial charge in [0.25, 0.3) is 0 Å². The van der Waals surface area contributed by atoms with Gasteiger partial charge in [-0.25, -0.2) is 15.0 Å². The zero-order chi connectivity index (χ0) is 20.5. The summed E-state index contributed by atoms with van der Waals surface area (Å²) in [5.74, 6) is -0.723. The fourth-order valence-electron chi connectivity index (χ4n) is 2.94. The van der Waals surface area contributed by atoms with Gasteiger partial charge >= 0.3 is 5.69 Å². The van der Waals surface area contributed by atoms with Crippen LogP contribution < -0.4 is 10.1 Å². The molecule has 4 rings (SSSR count). The van der Waals surface area contributed by atoms with Crippen molar-refractivity contribution in [3.63, 3.8) is 0 Å². The molecular weight excluding hydrogens is 379 g/mol. The Labute approximate surface area is 164 Å². The van der Waals surface area contributed by atoms with Crippen molar-refractivity contribution in [1.82, 2.24) is 19.5 Å². The summed E-state index contributed by atoms with van der Waals surface area (Å²) < 4.78 is 20.9. The molecule has 1 aromatic carbocycles. The van der Waals surface area contributed by atoms with Crippen LogP contribution in [0.25, 0.3) is 22.3 Å². The van der Waals surface area contributed by atoms with Crippen LogP contribution in [0.15, 0.2) is 48.9 Å². The second kappa shape index (κ2) is 7.15. The second-order valence-electron chi connectivity index (χ2n) is 6.21. The van der Waals surface area contributed by atoms with Gasteiger partial charge in [0.05, 0.1) is 23.4 Å². The van der Waals surface area contributed by atoms with Crippen molar-refractivity contribution >= 4 is 28.4 Å². The van der Waals surface area contributed by atoms with Crippen LogP contribution in [0.1, 0.15) is 0 Å². The first-order chi connectivity index (χ1) is 14.0. The minimum absolute atomic E-state index is 0.0921. The van der Waals surface area contributed by atoms with Gasteiger partial charge in [-0.05, 0) is 18.2 Å². The topological polar surface area (TPSA) is 108 Å². The van der Waals surface area contributed by atoms with Crippen molar-refractivity contribution < 1.29 is 14.1 Å². The smallest absolute Gasteiger partial charge is 0.307 e. The molecule has 29 heavy (non-hydrogen) atoms. The fourth-order valence-corrected chi connectivity index (χ4v) is 2.94. The summed E-state index contributed by atoms with van der Waals surface area (Å²) in [6.45, 7) is 0. The van der Waals surface area contributed by atoms with E-state index in [4.69, 9.17) is 4.74 Å². The summed E-state index contributed by atoms with van der Waals surface area (Å²) in [4.78, 5) is 23.2. The lowest BCUT2D eigenvalue weighted by atomic mass is 10.2. The number of methoxy groups -OCH3 is 1. The van der Waals surface area contributed by atoms with E-state index < -0.39 is 16.4 Å². The molecule has 10 heteroatoms. The lowest BCUT2D eigenvalue weighted by Gasteiger charge is -2.11. The number of rotatable bonds is 5. The Hall–Kier alpha value is -4.08. The second-order valence-corrected chi connectivity index (χ2v) is 6.21. The molecular formula is C19H15FN6O3. The van der Waals surface area contributed by atoms with E-state index in [1.54, 1.807) is 18.5 Å². The van der Waals surface area contributed by atoms with Gasteiger partial charge in [0.2, 0.25) is 11.8 Å². The number of pyridine rings is 1. The lowest BCUT2D eigenvalue weighted by molar-refractivity contribution is -0.387.